The van der Waals surface area contributed by atoms with E-state index in [2.05, 4.69) is 21.9 Å². The molecule has 2 aromatic heterocycles. The second-order valence-electron chi connectivity index (χ2n) is 9.02. The van der Waals surface area contributed by atoms with Gasteiger partial charge >= 0.3 is 0 Å². The average molecular weight is 466 g/mol. The number of hydrazone groups is 1. The Morgan fingerprint density at radius 2 is 2.00 bits per heavy atom. The normalized spacial score (nSPS) is 15.4. The second-order valence-corrected chi connectivity index (χ2v) is 9.02. The molecule has 3 aromatic rings. The Morgan fingerprint density at radius 1 is 1.21 bits per heavy atom. The molecule has 0 saturated carbocycles. The highest BCUT2D eigenvalue weighted by Gasteiger charge is 2.28. The van der Waals surface area contributed by atoms with Crippen LogP contribution in [-0.2, 0) is 22.4 Å². The maximum atomic E-state index is 12.7. The van der Waals surface area contributed by atoms with E-state index in [9.17, 15) is 9.59 Å². The van der Waals surface area contributed by atoms with Crippen molar-refractivity contribution in [3.63, 3.8) is 0 Å². The zero-order valence-corrected chi connectivity index (χ0v) is 20.3. The lowest BCUT2D eigenvalue weighted by Crippen LogP contribution is -2.35. The highest BCUT2D eigenvalue weighted by atomic mass is 16.5. The maximum Gasteiger partial charge on any atom is 0.287 e. The van der Waals surface area contributed by atoms with E-state index in [4.69, 9.17) is 13.6 Å². The van der Waals surface area contributed by atoms with Gasteiger partial charge in [-0.25, -0.2) is 5.43 Å². The van der Waals surface area contributed by atoms with E-state index in [-0.39, 0.29) is 30.0 Å². The van der Waals surface area contributed by atoms with Crippen molar-refractivity contribution in [1.29, 1.82) is 0 Å². The van der Waals surface area contributed by atoms with Crippen molar-refractivity contribution in [2.24, 2.45) is 5.10 Å². The molecule has 1 aliphatic carbocycles. The average Bonchev–Trinajstić information content (AvgIpc) is 3.33. The number of carbonyl (C=O) groups is 2. The quantitative estimate of drug-likeness (QED) is 0.511. The van der Waals surface area contributed by atoms with Crippen LogP contribution in [0.5, 0.6) is 0 Å². The van der Waals surface area contributed by atoms with Gasteiger partial charge in [-0.1, -0.05) is 6.07 Å². The lowest BCUT2D eigenvalue weighted by atomic mass is 9.93. The van der Waals surface area contributed by atoms with Crippen LogP contribution < -0.4 is 10.7 Å². The number of nitrogens with zero attached hydrogens (tertiary/aromatic N) is 1. The van der Waals surface area contributed by atoms with Crippen molar-refractivity contribution in [3.05, 3.63) is 57.7 Å². The van der Waals surface area contributed by atoms with Crippen molar-refractivity contribution < 1.29 is 23.2 Å². The smallest absolute Gasteiger partial charge is 0.287 e. The molecule has 180 valence electrons. The van der Waals surface area contributed by atoms with Gasteiger partial charge in [-0.2, -0.15) is 5.10 Å². The minimum atomic E-state index is -0.280. The summed E-state index contributed by atoms with van der Waals surface area (Å²) in [6.07, 6.45) is 4.06. The van der Waals surface area contributed by atoms with Gasteiger partial charge in [-0.3, -0.25) is 9.59 Å². The summed E-state index contributed by atoms with van der Waals surface area (Å²) in [6, 6.07) is 3.91. The molecular formula is C26H31N3O5. The number of ether oxygens (including phenoxy) is 1. The van der Waals surface area contributed by atoms with Gasteiger partial charge in [0, 0.05) is 41.6 Å². The topological polar surface area (TPSA) is 106 Å². The van der Waals surface area contributed by atoms with Crippen LogP contribution in [0.4, 0.5) is 0 Å². The largest absolute Gasteiger partial charge is 0.464 e. The molecule has 2 N–H and O–H groups in total. The summed E-state index contributed by atoms with van der Waals surface area (Å²) in [5, 5.41) is 8.27. The van der Waals surface area contributed by atoms with E-state index in [1.165, 1.54) is 0 Å². The molecule has 8 heteroatoms. The Kier molecular flexibility index (Phi) is 6.88. The Balaban J connectivity index is 1.50. The fourth-order valence-electron chi connectivity index (χ4n) is 4.68. The number of hydrogen-bond acceptors (Lipinski definition) is 6. The SMILES string of the molecule is COCC(C)NC(=O)c1oc2c(c1C)/C(=N/NC(=O)Cc1coc3cc(C)cc(C)c13)CCC2. The molecule has 34 heavy (non-hydrogen) atoms. The Morgan fingerprint density at radius 3 is 2.76 bits per heavy atom. The first-order chi connectivity index (χ1) is 16.3. The van der Waals surface area contributed by atoms with Crippen LogP contribution in [0, 0.1) is 20.8 Å². The molecule has 2 heterocycles. The number of methoxy groups -OCH3 is 1. The molecule has 1 atom stereocenters. The number of amides is 2. The van der Waals surface area contributed by atoms with Crippen LogP contribution in [0.15, 0.2) is 32.3 Å². The minimum Gasteiger partial charge on any atom is -0.464 e. The van der Waals surface area contributed by atoms with Crippen LogP contribution in [0.25, 0.3) is 11.0 Å². The van der Waals surface area contributed by atoms with Gasteiger partial charge in [0.25, 0.3) is 5.91 Å². The number of fused-ring (bicyclic) bond motifs is 2. The summed E-state index contributed by atoms with van der Waals surface area (Å²) in [7, 11) is 1.59. The molecule has 4 rings (SSSR count). The first kappa shape index (κ1) is 23.8. The van der Waals surface area contributed by atoms with E-state index < -0.39 is 0 Å². The van der Waals surface area contributed by atoms with Gasteiger partial charge in [0.1, 0.15) is 11.3 Å². The maximum absolute atomic E-state index is 12.7. The third kappa shape index (κ3) is 4.77. The third-order valence-electron chi connectivity index (χ3n) is 6.09. The number of aryl methyl sites for hydroxylation is 3. The van der Waals surface area contributed by atoms with Gasteiger partial charge in [-0.05, 0) is 57.7 Å². The molecule has 8 nitrogen and oxygen atoms in total. The highest BCUT2D eigenvalue weighted by molar-refractivity contribution is 6.06. The zero-order chi connectivity index (χ0) is 24.4. The number of hydrogen-bond donors (Lipinski definition) is 2. The van der Waals surface area contributed by atoms with E-state index in [0.717, 1.165) is 63.1 Å². The van der Waals surface area contributed by atoms with Gasteiger partial charge < -0.3 is 18.9 Å². The summed E-state index contributed by atoms with van der Waals surface area (Å²) in [6.45, 7) is 8.16. The third-order valence-corrected chi connectivity index (χ3v) is 6.09. The number of carbonyl (C=O) groups excluding carboxylic acids is 2. The predicted molar refractivity (Wildman–Crippen MR) is 129 cm³/mol. The van der Waals surface area contributed by atoms with E-state index >= 15 is 0 Å². The molecule has 0 aliphatic heterocycles. The molecule has 1 unspecified atom stereocenters. The highest BCUT2D eigenvalue weighted by Crippen LogP contribution is 2.30. The Hall–Kier alpha value is -3.39. The van der Waals surface area contributed by atoms with Crippen LogP contribution in [0.2, 0.25) is 0 Å². The number of nitrogens with one attached hydrogen (secondary N) is 2. The monoisotopic (exact) mass is 465 g/mol. The van der Waals surface area contributed by atoms with Crippen molar-refractivity contribution in [2.45, 2.75) is 59.4 Å². The summed E-state index contributed by atoms with van der Waals surface area (Å²) in [4.78, 5) is 25.4. The lowest BCUT2D eigenvalue weighted by molar-refractivity contribution is -0.120. The summed E-state index contributed by atoms with van der Waals surface area (Å²) >= 11 is 0. The summed E-state index contributed by atoms with van der Waals surface area (Å²) in [5.41, 5.74) is 8.77. The van der Waals surface area contributed by atoms with Gasteiger partial charge in [0.15, 0.2) is 5.76 Å². The summed E-state index contributed by atoms with van der Waals surface area (Å²) in [5.74, 6) is 0.504. The fraction of sp³-hybridized carbons (Fsp3) is 0.423. The van der Waals surface area contributed by atoms with Gasteiger partial charge in [0.05, 0.1) is 25.0 Å². The predicted octanol–water partition coefficient (Wildman–Crippen LogP) is 4.12. The second kappa shape index (κ2) is 9.85. The van der Waals surface area contributed by atoms with Crippen molar-refractivity contribution >= 4 is 28.5 Å². The van der Waals surface area contributed by atoms with Gasteiger partial charge in [0.2, 0.25) is 5.91 Å². The van der Waals surface area contributed by atoms with Crippen LogP contribution >= 0.6 is 0 Å². The number of benzene rings is 1. The summed E-state index contributed by atoms with van der Waals surface area (Å²) < 4.78 is 16.7. The molecule has 1 aliphatic rings. The van der Waals surface area contributed by atoms with E-state index in [0.29, 0.717) is 13.0 Å². The molecule has 0 radical (unpaired) electrons. The fourth-order valence-corrected chi connectivity index (χ4v) is 4.68. The minimum absolute atomic E-state index is 0.141. The Labute approximate surface area is 198 Å². The standard InChI is InChI=1S/C26H31N3O5/c1-14-9-15(2)23-18(13-33-21(23)10-14)11-22(30)29-28-19-7-6-8-20-24(19)17(4)25(34-20)26(31)27-16(3)12-32-5/h9-10,13,16H,6-8,11-12H2,1-5H3,(H,27,31)(H,29,30)/b28-19+. The van der Waals surface area contributed by atoms with E-state index in [1.807, 2.05) is 33.8 Å². The molecule has 0 bridgehead atoms. The van der Waals surface area contributed by atoms with E-state index in [1.54, 1.807) is 13.4 Å². The van der Waals surface area contributed by atoms with Crippen LogP contribution in [0.1, 0.15) is 63.9 Å². The molecular weight excluding hydrogens is 434 g/mol. The molecule has 2 amide bonds. The number of furan rings is 2. The van der Waals surface area contributed by atoms with Crippen molar-refractivity contribution in [2.75, 3.05) is 13.7 Å². The van der Waals surface area contributed by atoms with Crippen molar-refractivity contribution in [1.82, 2.24) is 10.7 Å². The molecule has 0 fully saturated rings. The first-order valence-electron chi connectivity index (χ1n) is 11.5. The first-order valence-corrected chi connectivity index (χ1v) is 11.5. The lowest BCUT2D eigenvalue weighted by Gasteiger charge is -2.13. The van der Waals surface area contributed by atoms with Crippen molar-refractivity contribution in [3.8, 4) is 0 Å². The molecule has 0 spiro atoms. The van der Waals surface area contributed by atoms with Crippen LogP contribution in [-0.4, -0.2) is 37.3 Å². The van der Waals surface area contributed by atoms with Gasteiger partial charge in [-0.15, -0.1) is 0 Å². The molecule has 0 saturated heterocycles. The zero-order valence-electron chi connectivity index (χ0n) is 20.3. The van der Waals surface area contributed by atoms with Crippen LogP contribution in [0.3, 0.4) is 0 Å². The Bertz CT molecular complexity index is 1270. The number of rotatable bonds is 7. The molecule has 1 aromatic carbocycles.